The predicted octanol–water partition coefficient (Wildman–Crippen LogP) is 3.12. The lowest BCUT2D eigenvalue weighted by Crippen LogP contribution is -1.98. The molecular weight excluding hydrogens is 260 g/mol. The van der Waals surface area contributed by atoms with Gasteiger partial charge in [-0.3, -0.25) is 4.68 Å². The van der Waals surface area contributed by atoms with Crippen molar-refractivity contribution in [1.29, 1.82) is 0 Å². The summed E-state index contributed by atoms with van der Waals surface area (Å²) in [5.41, 5.74) is 11.0. The average molecular weight is 275 g/mol. The van der Waals surface area contributed by atoms with Gasteiger partial charge in [0.2, 0.25) is 0 Å². The fourth-order valence-corrected chi connectivity index (χ4v) is 2.78. The van der Waals surface area contributed by atoms with Crippen LogP contribution in [0.2, 0.25) is 5.02 Å². The van der Waals surface area contributed by atoms with Crippen LogP contribution in [0.4, 0.5) is 5.69 Å². The van der Waals surface area contributed by atoms with Crippen molar-refractivity contribution in [2.24, 2.45) is 14.1 Å². The van der Waals surface area contributed by atoms with E-state index in [1.54, 1.807) is 10.9 Å². The Balaban J connectivity index is 2.47. The van der Waals surface area contributed by atoms with Crippen LogP contribution in [-0.4, -0.2) is 14.3 Å². The summed E-state index contributed by atoms with van der Waals surface area (Å²) in [5.74, 6) is 0. The van der Waals surface area contributed by atoms with E-state index in [2.05, 4.69) is 16.6 Å². The zero-order chi connectivity index (χ0) is 13.7. The van der Waals surface area contributed by atoms with Gasteiger partial charge in [0.25, 0.3) is 0 Å². The molecule has 19 heavy (non-hydrogen) atoms. The molecular formula is C14H15ClN4. The Morgan fingerprint density at radius 3 is 2.63 bits per heavy atom. The topological polar surface area (TPSA) is 48.8 Å². The van der Waals surface area contributed by atoms with Gasteiger partial charge < -0.3 is 10.3 Å². The summed E-state index contributed by atoms with van der Waals surface area (Å²) in [6, 6.07) is 5.91. The van der Waals surface area contributed by atoms with Crippen LogP contribution in [0.3, 0.4) is 0 Å². The van der Waals surface area contributed by atoms with Gasteiger partial charge in [0.1, 0.15) is 0 Å². The fourth-order valence-electron chi connectivity index (χ4n) is 2.60. The second kappa shape index (κ2) is 4.03. The molecule has 4 nitrogen and oxygen atoms in total. The summed E-state index contributed by atoms with van der Waals surface area (Å²) in [4.78, 5) is 0. The maximum atomic E-state index is 6.13. The molecule has 2 heterocycles. The quantitative estimate of drug-likeness (QED) is 0.741. The normalized spacial score (nSPS) is 11.4. The van der Waals surface area contributed by atoms with Crippen molar-refractivity contribution in [3.8, 4) is 11.3 Å². The van der Waals surface area contributed by atoms with Gasteiger partial charge in [0.05, 0.1) is 17.6 Å². The monoisotopic (exact) mass is 274 g/mol. The molecule has 0 spiro atoms. The number of nitrogens with zero attached hydrogens (tertiary/aromatic N) is 3. The van der Waals surface area contributed by atoms with E-state index in [4.69, 9.17) is 17.3 Å². The summed E-state index contributed by atoms with van der Waals surface area (Å²) >= 11 is 6.13. The number of halogens is 1. The minimum Gasteiger partial charge on any atom is -0.396 e. The molecule has 5 heteroatoms. The van der Waals surface area contributed by atoms with Crippen molar-refractivity contribution in [2.75, 3.05) is 5.73 Å². The highest BCUT2D eigenvalue weighted by molar-refractivity contribution is 6.31. The number of aromatic nitrogens is 3. The van der Waals surface area contributed by atoms with E-state index in [1.807, 2.05) is 32.3 Å². The van der Waals surface area contributed by atoms with Crippen molar-refractivity contribution >= 4 is 28.2 Å². The number of rotatable bonds is 1. The number of benzene rings is 1. The van der Waals surface area contributed by atoms with Gasteiger partial charge in [0.15, 0.2) is 0 Å². The molecule has 0 aliphatic heterocycles. The third kappa shape index (κ3) is 1.64. The highest BCUT2D eigenvalue weighted by Gasteiger charge is 2.18. The van der Waals surface area contributed by atoms with Gasteiger partial charge in [-0.05, 0) is 25.1 Å². The fraction of sp³-hybridized carbons (Fsp3) is 0.214. The Bertz CT molecular complexity index is 763. The van der Waals surface area contributed by atoms with Crippen LogP contribution in [0.15, 0.2) is 24.4 Å². The van der Waals surface area contributed by atoms with Crippen molar-refractivity contribution in [3.05, 3.63) is 35.1 Å². The lowest BCUT2D eigenvalue weighted by atomic mass is 10.1. The standard InChI is InChI=1S/C14H15ClN4/c1-8-13(14-11(16)7-17-19(14)3)10-6-9(15)4-5-12(10)18(8)2/h4-7H,16H2,1-3H3. The number of nitrogen functional groups attached to an aromatic ring is 1. The predicted molar refractivity (Wildman–Crippen MR) is 79.3 cm³/mol. The minimum atomic E-state index is 0.679. The molecule has 0 amide bonds. The minimum absolute atomic E-state index is 0.679. The molecule has 1 aromatic carbocycles. The zero-order valence-electron chi connectivity index (χ0n) is 11.1. The Hall–Kier alpha value is -1.94. The number of fused-ring (bicyclic) bond motifs is 1. The molecule has 0 atom stereocenters. The van der Waals surface area contributed by atoms with Gasteiger partial charge >= 0.3 is 0 Å². The molecule has 3 aromatic rings. The van der Waals surface area contributed by atoms with E-state index in [1.165, 1.54) is 0 Å². The highest BCUT2D eigenvalue weighted by Crippen LogP contribution is 2.37. The lowest BCUT2D eigenvalue weighted by Gasteiger charge is -2.05. The molecule has 0 aliphatic rings. The van der Waals surface area contributed by atoms with E-state index in [9.17, 15) is 0 Å². The van der Waals surface area contributed by atoms with Gasteiger partial charge in [-0.2, -0.15) is 5.10 Å². The van der Waals surface area contributed by atoms with Crippen LogP contribution in [0.1, 0.15) is 5.69 Å². The van der Waals surface area contributed by atoms with Crippen molar-refractivity contribution < 1.29 is 0 Å². The van der Waals surface area contributed by atoms with Gasteiger partial charge in [-0.25, -0.2) is 0 Å². The van der Waals surface area contributed by atoms with Gasteiger partial charge in [-0.1, -0.05) is 11.6 Å². The Morgan fingerprint density at radius 2 is 2.00 bits per heavy atom. The first kappa shape index (κ1) is 12.1. The average Bonchev–Trinajstić information content (AvgIpc) is 2.80. The number of nitrogens with two attached hydrogens (primary N) is 1. The largest absolute Gasteiger partial charge is 0.396 e. The zero-order valence-corrected chi connectivity index (χ0v) is 11.9. The third-order valence-electron chi connectivity index (χ3n) is 3.66. The van der Waals surface area contributed by atoms with Crippen LogP contribution in [0, 0.1) is 6.92 Å². The van der Waals surface area contributed by atoms with E-state index < -0.39 is 0 Å². The first-order valence-corrected chi connectivity index (χ1v) is 6.41. The first-order chi connectivity index (χ1) is 9.00. The van der Waals surface area contributed by atoms with Crippen LogP contribution in [0.25, 0.3) is 22.2 Å². The molecule has 98 valence electrons. The van der Waals surface area contributed by atoms with Crippen LogP contribution in [0.5, 0.6) is 0 Å². The molecule has 2 N–H and O–H groups in total. The molecule has 3 rings (SSSR count). The summed E-state index contributed by atoms with van der Waals surface area (Å²) in [5, 5.41) is 6.04. The van der Waals surface area contributed by atoms with E-state index >= 15 is 0 Å². The number of anilines is 1. The molecule has 0 radical (unpaired) electrons. The maximum absolute atomic E-state index is 6.13. The van der Waals surface area contributed by atoms with Crippen molar-refractivity contribution in [1.82, 2.24) is 14.3 Å². The Labute approximate surface area is 116 Å². The molecule has 0 aliphatic carbocycles. The summed E-state index contributed by atoms with van der Waals surface area (Å²) < 4.78 is 3.95. The molecule has 0 saturated heterocycles. The first-order valence-electron chi connectivity index (χ1n) is 6.03. The SMILES string of the molecule is Cc1c(-c2c(N)cnn2C)c2cc(Cl)ccc2n1C. The lowest BCUT2D eigenvalue weighted by molar-refractivity contribution is 0.775. The molecule has 0 unspecified atom stereocenters. The molecule has 0 saturated carbocycles. The van der Waals surface area contributed by atoms with Crippen LogP contribution < -0.4 is 5.73 Å². The number of aryl methyl sites for hydroxylation is 2. The highest BCUT2D eigenvalue weighted by atomic mass is 35.5. The number of hydrogen-bond acceptors (Lipinski definition) is 2. The van der Waals surface area contributed by atoms with Crippen LogP contribution >= 0.6 is 11.6 Å². The second-order valence-electron chi connectivity index (χ2n) is 4.75. The van der Waals surface area contributed by atoms with E-state index in [0.29, 0.717) is 5.69 Å². The summed E-state index contributed by atoms with van der Waals surface area (Å²) in [6.07, 6.45) is 1.68. The molecule has 0 bridgehead atoms. The van der Waals surface area contributed by atoms with E-state index in [0.717, 1.165) is 32.9 Å². The molecule has 0 fully saturated rings. The van der Waals surface area contributed by atoms with Gasteiger partial charge in [0, 0.05) is 41.3 Å². The molecule has 2 aromatic heterocycles. The second-order valence-corrected chi connectivity index (χ2v) is 5.19. The number of hydrogen-bond donors (Lipinski definition) is 1. The van der Waals surface area contributed by atoms with E-state index in [-0.39, 0.29) is 0 Å². The Morgan fingerprint density at radius 1 is 1.26 bits per heavy atom. The van der Waals surface area contributed by atoms with Crippen LogP contribution in [-0.2, 0) is 14.1 Å². The summed E-state index contributed by atoms with van der Waals surface area (Å²) in [6.45, 7) is 2.08. The summed E-state index contributed by atoms with van der Waals surface area (Å²) in [7, 11) is 3.94. The Kier molecular flexibility index (Phi) is 2.57. The van der Waals surface area contributed by atoms with Crippen molar-refractivity contribution in [3.63, 3.8) is 0 Å². The maximum Gasteiger partial charge on any atom is 0.0932 e. The smallest absolute Gasteiger partial charge is 0.0932 e. The third-order valence-corrected chi connectivity index (χ3v) is 3.89. The van der Waals surface area contributed by atoms with Crippen molar-refractivity contribution in [2.45, 2.75) is 6.92 Å². The van der Waals surface area contributed by atoms with Gasteiger partial charge in [-0.15, -0.1) is 0 Å².